The van der Waals surface area contributed by atoms with E-state index < -0.39 is 5.60 Å². The van der Waals surface area contributed by atoms with Crippen molar-refractivity contribution in [2.24, 2.45) is 7.05 Å². The number of hydrogen-bond donors (Lipinski definition) is 0. The lowest BCUT2D eigenvalue weighted by atomic mass is 9.88. The molecule has 1 aromatic heterocycles. The maximum atomic E-state index is 12.7. The summed E-state index contributed by atoms with van der Waals surface area (Å²) in [5.74, 6) is 0.573. The molecule has 4 heteroatoms. The van der Waals surface area contributed by atoms with Crippen molar-refractivity contribution in [3.05, 3.63) is 18.2 Å². The van der Waals surface area contributed by atoms with Gasteiger partial charge >= 0.3 is 0 Å². The van der Waals surface area contributed by atoms with E-state index in [-0.39, 0.29) is 5.78 Å². The van der Waals surface area contributed by atoms with Crippen molar-refractivity contribution in [1.82, 2.24) is 9.55 Å². The van der Waals surface area contributed by atoms with Crippen LogP contribution in [0.2, 0.25) is 0 Å². The fraction of sp³-hybridized carbons (Fsp3) is 0.714. The molecule has 0 saturated heterocycles. The molecule has 18 heavy (non-hydrogen) atoms. The van der Waals surface area contributed by atoms with Crippen LogP contribution in [0.4, 0.5) is 0 Å². The number of aromatic nitrogens is 2. The number of carbonyl (C=O) groups is 1. The van der Waals surface area contributed by atoms with Crippen molar-refractivity contribution >= 4 is 5.78 Å². The molecule has 0 bridgehead atoms. The summed E-state index contributed by atoms with van der Waals surface area (Å²) in [6.07, 6.45) is 9.66. The summed E-state index contributed by atoms with van der Waals surface area (Å²) >= 11 is 0. The van der Waals surface area contributed by atoms with Gasteiger partial charge in [0.2, 0.25) is 5.78 Å². The maximum Gasteiger partial charge on any atom is 0.229 e. The lowest BCUT2D eigenvalue weighted by Gasteiger charge is -2.30. The number of rotatable bonds is 4. The SMILES string of the molecule is CCOC1(C(=O)c2nccn2C)CCCCCC1. The van der Waals surface area contributed by atoms with Gasteiger partial charge in [0.25, 0.3) is 0 Å². The van der Waals surface area contributed by atoms with E-state index in [1.54, 1.807) is 10.8 Å². The van der Waals surface area contributed by atoms with Crippen LogP contribution in [0.1, 0.15) is 56.1 Å². The maximum absolute atomic E-state index is 12.7. The van der Waals surface area contributed by atoms with E-state index in [9.17, 15) is 4.79 Å². The predicted molar refractivity (Wildman–Crippen MR) is 69.6 cm³/mol. The lowest BCUT2D eigenvalue weighted by molar-refractivity contribution is -0.0301. The van der Waals surface area contributed by atoms with E-state index in [1.165, 1.54) is 12.8 Å². The second-order valence-corrected chi connectivity index (χ2v) is 5.03. The Bertz CT molecular complexity index is 404. The van der Waals surface area contributed by atoms with E-state index in [4.69, 9.17) is 4.74 Å². The molecule has 0 spiro atoms. The van der Waals surface area contributed by atoms with Gasteiger partial charge in [0.1, 0.15) is 5.60 Å². The Morgan fingerprint density at radius 2 is 2.06 bits per heavy atom. The third-order valence-electron chi connectivity index (χ3n) is 3.77. The standard InChI is InChI=1S/C14H22N2O2/c1-3-18-14(8-6-4-5-7-9-14)12(17)13-15-10-11-16(13)2/h10-11H,3-9H2,1-2H3. The zero-order chi connectivity index (χ0) is 13.0. The highest BCUT2D eigenvalue weighted by Gasteiger charge is 2.41. The smallest absolute Gasteiger partial charge is 0.229 e. The van der Waals surface area contributed by atoms with E-state index in [0.29, 0.717) is 12.4 Å². The van der Waals surface area contributed by atoms with Gasteiger partial charge in [-0.25, -0.2) is 4.98 Å². The Kier molecular flexibility index (Phi) is 4.17. The summed E-state index contributed by atoms with van der Waals surface area (Å²) in [6.45, 7) is 2.54. The van der Waals surface area contributed by atoms with Crippen LogP contribution in [0.3, 0.4) is 0 Å². The molecule has 2 rings (SSSR count). The van der Waals surface area contributed by atoms with Gasteiger partial charge in [0, 0.05) is 26.0 Å². The molecule has 4 nitrogen and oxygen atoms in total. The van der Waals surface area contributed by atoms with Crippen LogP contribution >= 0.6 is 0 Å². The highest BCUT2D eigenvalue weighted by atomic mass is 16.5. The number of ketones is 1. The minimum absolute atomic E-state index is 0.0544. The fourth-order valence-electron chi connectivity index (χ4n) is 2.80. The number of Topliss-reactive ketones (excluding diaryl/α,β-unsaturated/α-hetero) is 1. The Labute approximate surface area is 108 Å². The molecular formula is C14H22N2O2. The first-order chi connectivity index (χ1) is 8.69. The second-order valence-electron chi connectivity index (χ2n) is 5.03. The van der Waals surface area contributed by atoms with Crippen LogP contribution in [0.5, 0.6) is 0 Å². The molecule has 0 N–H and O–H groups in total. The van der Waals surface area contributed by atoms with Gasteiger partial charge in [-0.1, -0.05) is 25.7 Å². The molecule has 1 heterocycles. The summed E-state index contributed by atoms with van der Waals surface area (Å²) < 4.78 is 7.67. The largest absolute Gasteiger partial charge is 0.367 e. The predicted octanol–water partition coefficient (Wildman–Crippen LogP) is 2.73. The first-order valence-corrected chi connectivity index (χ1v) is 6.86. The van der Waals surface area contributed by atoms with Crippen LogP contribution < -0.4 is 0 Å². The number of aryl methyl sites for hydroxylation is 1. The molecule has 0 radical (unpaired) electrons. The highest BCUT2D eigenvalue weighted by Crippen LogP contribution is 2.33. The Balaban J connectivity index is 2.28. The Morgan fingerprint density at radius 1 is 1.39 bits per heavy atom. The molecule has 0 atom stereocenters. The molecule has 0 amide bonds. The molecule has 1 aliphatic rings. The van der Waals surface area contributed by atoms with Crippen molar-refractivity contribution in [3.63, 3.8) is 0 Å². The van der Waals surface area contributed by atoms with Crippen molar-refractivity contribution in [2.75, 3.05) is 6.61 Å². The molecule has 100 valence electrons. The van der Waals surface area contributed by atoms with Crippen LogP contribution in [0.15, 0.2) is 12.4 Å². The molecule has 1 aliphatic carbocycles. The minimum atomic E-state index is -0.635. The van der Waals surface area contributed by atoms with Crippen molar-refractivity contribution in [2.45, 2.75) is 51.0 Å². The monoisotopic (exact) mass is 250 g/mol. The normalized spacial score (nSPS) is 19.4. The van der Waals surface area contributed by atoms with Crippen molar-refractivity contribution < 1.29 is 9.53 Å². The Hall–Kier alpha value is -1.16. The van der Waals surface area contributed by atoms with Gasteiger partial charge in [-0.2, -0.15) is 0 Å². The third-order valence-corrected chi connectivity index (χ3v) is 3.77. The topological polar surface area (TPSA) is 44.1 Å². The Morgan fingerprint density at radius 3 is 2.56 bits per heavy atom. The number of carbonyl (C=O) groups excluding carboxylic acids is 1. The summed E-state index contributed by atoms with van der Waals surface area (Å²) in [5, 5.41) is 0. The highest BCUT2D eigenvalue weighted by molar-refractivity contribution is 5.99. The number of hydrogen-bond acceptors (Lipinski definition) is 3. The van der Waals surface area contributed by atoms with Crippen LogP contribution in [0.25, 0.3) is 0 Å². The first kappa shape index (κ1) is 13.3. The summed E-state index contributed by atoms with van der Waals surface area (Å²) in [6, 6.07) is 0. The van der Waals surface area contributed by atoms with E-state index in [1.807, 2.05) is 20.2 Å². The van der Waals surface area contributed by atoms with Gasteiger partial charge in [0.15, 0.2) is 5.82 Å². The van der Waals surface area contributed by atoms with Crippen molar-refractivity contribution in [1.29, 1.82) is 0 Å². The summed E-state index contributed by atoms with van der Waals surface area (Å²) in [7, 11) is 1.86. The molecule has 1 saturated carbocycles. The fourth-order valence-corrected chi connectivity index (χ4v) is 2.80. The molecule has 1 aromatic rings. The number of imidazole rings is 1. The number of ether oxygens (including phenoxy) is 1. The van der Waals surface area contributed by atoms with Gasteiger partial charge in [-0.3, -0.25) is 4.79 Å². The number of nitrogens with zero attached hydrogens (tertiary/aromatic N) is 2. The zero-order valence-electron chi connectivity index (χ0n) is 11.3. The van der Waals surface area contributed by atoms with Gasteiger partial charge in [-0.15, -0.1) is 0 Å². The van der Waals surface area contributed by atoms with Gasteiger partial charge < -0.3 is 9.30 Å². The van der Waals surface area contributed by atoms with Crippen LogP contribution in [-0.2, 0) is 11.8 Å². The average Bonchev–Trinajstić information content (AvgIpc) is 2.64. The van der Waals surface area contributed by atoms with Crippen LogP contribution in [0, 0.1) is 0 Å². The summed E-state index contributed by atoms with van der Waals surface area (Å²) in [4.78, 5) is 16.9. The van der Waals surface area contributed by atoms with Crippen molar-refractivity contribution in [3.8, 4) is 0 Å². The molecular weight excluding hydrogens is 228 g/mol. The molecule has 1 fully saturated rings. The zero-order valence-corrected chi connectivity index (χ0v) is 11.3. The van der Waals surface area contributed by atoms with E-state index >= 15 is 0 Å². The van der Waals surface area contributed by atoms with Gasteiger partial charge in [0.05, 0.1) is 0 Å². The molecule has 0 aliphatic heterocycles. The quantitative estimate of drug-likeness (QED) is 0.609. The average molecular weight is 250 g/mol. The van der Waals surface area contributed by atoms with E-state index in [0.717, 1.165) is 25.7 Å². The van der Waals surface area contributed by atoms with Crippen LogP contribution in [-0.4, -0.2) is 27.5 Å². The van der Waals surface area contributed by atoms with Gasteiger partial charge in [-0.05, 0) is 19.8 Å². The first-order valence-electron chi connectivity index (χ1n) is 6.86. The second kappa shape index (κ2) is 5.65. The molecule has 0 aromatic carbocycles. The minimum Gasteiger partial charge on any atom is -0.367 e. The molecule has 0 unspecified atom stereocenters. The summed E-state index contributed by atoms with van der Waals surface area (Å²) in [5.41, 5.74) is -0.635. The van der Waals surface area contributed by atoms with E-state index in [2.05, 4.69) is 4.98 Å². The lowest BCUT2D eigenvalue weighted by Crippen LogP contribution is -2.42. The third kappa shape index (κ3) is 2.48.